The number of nitrogens with zero attached hydrogens (tertiary/aromatic N) is 1. The van der Waals surface area contributed by atoms with Gasteiger partial charge in [0.25, 0.3) is 5.91 Å². The summed E-state index contributed by atoms with van der Waals surface area (Å²) in [5.41, 5.74) is 1.24. The molecule has 0 aliphatic carbocycles. The molecule has 4 nitrogen and oxygen atoms in total. The lowest BCUT2D eigenvalue weighted by Crippen LogP contribution is -2.12. The van der Waals surface area contributed by atoms with Gasteiger partial charge in [0.1, 0.15) is 5.75 Å². The zero-order chi connectivity index (χ0) is 16.5. The van der Waals surface area contributed by atoms with Crippen molar-refractivity contribution in [3.05, 3.63) is 52.8 Å². The van der Waals surface area contributed by atoms with Crippen molar-refractivity contribution < 1.29 is 9.53 Å². The summed E-state index contributed by atoms with van der Waals surface area (Å²) in [6.07, 6.45) is 7.92. The number of halogens is 1. The summed E-state index contributed by atoms with van der Waals surface area (Å²) >= 11 is 3.31. The van der Waals surface area contributed by atoms with Gasteiger partial charge in [0.2, 0.25) is 0 Å². The van der Waals surface area contributed by atoms with Crippen molar-refractivity contribution in [2.45, 2.75) is 32.6 Å². The van der Waals surface area contributed by atoms with Crippen LogP contribution in [0.25, 0.3) is 0 Å². The molecule has 0 spiro atoms. The maximum Gasteiger partial charge on any atom is 0.257 e. The highest BCUT2D eigenvalue weighted by atomic mass is 79.9. The minimum Gasteiger partial charge on any atom is -0.494 e. The van der Waals surface area contributed by atoms with E-state index < -0.39 is 0 Å². The van der Waals surface area contributed by atoms with E-state index in [9.17, 15) is 4.79 Å². The first kappa shape index (κ1) is 17.5. The van der Waals surface area contributed by atoms with Gasteiger partial charge in [-0.25, -0.2) is 0 Å². The second kappa shape index (κ2) is 9.30. The summed E-state index contributed by atoms with van der Waals surface area (Å²) in [5.74, 6) is 0.635. The molecule has 0 aliphatic rings. The number of benzene rings is 1. The number of hydrogen-bond donors (Lipinski definition) is 1. The van der Waals surface area contributed by atoms with Crippen LogP contribution in [-0.4, -0.2) is 17.5 Å². The highest BCUT2D eigenvalue weighted by Crippen LogP contribution is 2.17. The lowest BCUT2D eigenvalue weighted by molar-refractivity contribution is 0.102. The molecule has 1 N–H and O–H groups in total. The van der Waals surface area contributed by atoms with E-state index in [-0.39, 0.29) is 5.91 Å². The van der Waals surface area contributed by atoms with E-state index in [4.69, 9.17) is 4.74 Å². The van der Waals surface area contributed by atoms with Crippen LogP contribution < -0.4 is 10.1 Å². The summed E-state index contributed by atoms with van der Waals surface area (Å²) in [6.45, 7) is 2.92. The minimum absolute atomic E-state index is 0.188. The molecule has 1 heterocycles. The van der Waals surface area contributed by atoms with Gasteiger partial charge in [-0.05, 0) is 52.7 Å². The van der Waals surface area contributed by atoms with E-state index in [1.54, 1.807) is 12.3 Å². The lowest BCUT2D eigenvalue weighted by atomic mass is 10.2. The second-order valence-corrected chi connectivity index (χ2v) is 6.20. The Morgan fingerprint density at radius 3 is 2.65 bits per heavy atom. The van der Waals surface area contributed by atoms with Gasteiger partial charge >= 0.3 is 0 Å². The van der Waals surface area contributed by atoms with Gasteiger partial charge in [0.15, 0.2) is 0 Å². The van der Waals surface area contributed by atoms with Crippen molar-refractivity contribution in [3.63, 3.8) is 0 Å². The normalized spacial score (nSPS) is 10.3. The Labute approximate surface area is 145 Å². The third kappa shape index (κ3) is 6.02. The number of nitrogens with one attached hydrogen (secondary N) is 1. The topological polar surface area (TPSA) is 51.2 Å². The van der Waals surface area contributed by atoms with Crippen molar-refractivity contribution in [1.82, 2.24) is 4.98 Å². The summed E-state index contributed by atoms with van der Waals surface area (Å²) in [4.78, 5) is 16.1. The van der Waals surface area contributed by atoms with Gasteiger partial charge in [0.05, 0.1) is 12.2 Å². The molecule has 0 atom stereocenters. The van der Waals surface area contributed by atoms with Crippen molar-refractivity contribution in [2.24, 2.45) is 0 Å². The zero-order valence-electron chi connectivity index (χ0n) is 13.2. The van der Waals surface area contributed by atoms with E-state index in [1.807, 2.05) is 24.3 Å². The number of carbonyl (C=O) groups excluding carboxylic acids is 1. The van der Waals surface area contributed by atoms with Gasteiger partial charge < -0.3 is 10.1 Å². The van der Waals surface area contributed by atoms with Crippen LogP contribution in [0.2, 0.25) is 0 Å². The van der Waals surface area contributed by atoms with E-state index in [0.717, 1.165) is 28.9 Å². The first-order valence-electron chi connectivity index (χ1n) is 7.84. The van der Waals surface area contributed by atoms with E-state index in [1.165, 1.54) is 25.5 Å². The Kier molecular flexibility index (Phi) is 7.07. The van der Waals surface area contributed by atoms with Gasteiger partial charge in [0, 0.05) is 22.6 Å². The standard InChI is InChI=1S/C18H21BrN2O2/c1-2-3-4-5-10-23-17-8-6-16(7-9-17)21-18(22)14-11-15(19)13-20-12-14/h6-9,11-13H,2-5,10H2,1H3,(H,21,22). The van der Waals surface area contributed by atoms with Crippen molar-refractivity contribution in [2.75, 3.05) is 11.9 Å². The third-order valence-electron chi connectivity index (χ3n) is 3.35. The fraction of sp³-hybridized carbons (Fsp3) is 0.333. The van der Waals surface area contributed by atoms with Crippen molar-refractivity contribution >= 4 is 27.5 Å². The molecule has 0 unspecified atom stereocenters. The molecule has 0 saturated heterocycles. The van der Waals surface area contributed by atoms with Crippen LogP contribution in [0.4, 0.5) is 5.69 Å². The molecule has 0 saturated carbocycles. The Morgan fingerprint density at radius 2 is 1.96 bits per heavy atom. The lowest BCUT2D eigenvalue weighted by Gasteiger charge is -2.08. The quantitative estimate of drug-likeness (QED) is 0.655. The molecule has 0 bridgehead atoms. The van der Waals surface area contributed by atoms with Crippen LogP contribution in [0.3, 0.4) is 0 Å². The van der Waals surface area contributed by atoms with Crippen molar-refractivity contribution in [3.8, 4) is 5.75 Å². The summed E-state index contributed by atoms with van der Waals surface area (Å²) in [7, 11) is 0. The number of ether oxygens (including phenoxy) is 1. The Bertz CT molecular complexity index is 629. The fourth-order valence-electron chi connectivity index (χ4n) is 2.09. The van der Waals surface area contributed by atoms with Crippen LogP contribution in [-0.2, 0) is 0 Å². The van der Waals surface area contributed by atoms with Gasteiger partial charge in [-0.1, -0.05) is 26.2 Å². The predicted molar refractivity (Wildman–Crippen MR) is 96.0 cm³/mol. The van der Waals surface area contributed by atoms with Crippen LogP contribution in [0.5, 0.6) is 5.75 Å². The number of unbranched alkanes of at least 4 members (excludes halogenated alkanes) is 3. The Balaban J connectivity index is 1.83. The molecule has 0 fully saturated rings. The molecular formula is C18H21BrN2O2. The number of pyridine rings is 1. The maximum absolute atomic E-state index is 12.1. The average molecular weight is 377 g/mol. The zero-order valence-corrected chi connectivity index (χ0v) is 14.8. The molecule has 1 aromatic heterocycles. The number of anilines is 1. The molecule has 0 aliphatic heterocycles. The van der Waals surface area contributed by atoms with Crippen LogP contribution in [0.1, 0.15) is 43.0 Å². The largest absolute Gasteiger partial charge is 0.494 e. The van der Waals surface area contributed by atoms with E-state index in [0.29, 0.717) is 5.56 Å². The Morgan fingerprint density at radius 1 is 1.17 bits per heavy atom. The van der Waals surface area contributed by atoms with Crippen LogP contribution in [0, 0.1) is 0 Å². The molecule has 2 aromatic rings. The summed E-state index contributed by atoms with van der Waals surface area (Å²) in [5, 5.41) is 2.84. The first-order chi connectivity index (χ1) is 11.2. The Hall–Kier alpha value is -1.88. The number of hydrogen-bond acceptors (Lipinski definition) is 3. The number of carbonyl (C=O) groups is 1. The SMILES string of the molecule is CCCCCCOc1ccc(NC(=O)c2cncc(Br)c2)cc1. The second-order valence-electron chi connectivity index (χ2n) is 5.28. The molecule has 122 valence electrons. The molecular weight excluding hydrogens is 356 g/mol. The molecule has 23 heavy (non-hydrogen) atoms. The number of rotatable bonds is 8. The van der Waals surface area contributed by atoms with E-state index >= 15 is 0 Å². The molecule has 2 rings (SSSR count). The van der Waals surface area contributed by atoms with Gasteiger partial charge in [-0.15, -0.1) is 0 Å². The highest BCUT2D eigenvalue weighted by Gasteiger charge is 2.07. The first-order valence-corrected chi connectivity index (χ1v) is 8.63. The van der Waals surface area contributed by atoms with Crippen LogP contribution in [0.15, 0.2) is 47.2 Å². The summed E-state index contributed by atoms with van der Waals surface area (Å²) in [6, 6.07) is 9.15. The molecule has 1 aromatic carbocycles. The van der Waals surface area contributed by atoms with Gasteiger partial charge in [-0.2, -0.15) is 0 Å². The molecule has 1 amide bonds. The minimum atomic E-state index is -0.188. The average Bonchev–Trinajstić information content (AvgIpc) is 2.56. The van der Waals surface area contributed by atoms with Crippen LogP contribution >= 0.6 is 15.9 Å². The third-order valence-corrected chi connectivity index (χ3v) is 3.78. The predicted octanol–water partition coefficient (Wildman–Crippen LogP) is 5.06. The smallest absolute Gasteiger partial charge is 0.257 e. The highest BCUT2D eigenvalue weighted by molar-refractivity contribution is 9.10. The molecule has 0 radical (unpaired) electrons. The van der Waals surface area contributed by atoms with Gasteiger partial charge in [-0.3, -0.25) is 9.78 Å². The number of aromatic nitrogens is 1. The van der Waals surface area contributed by atoms with Crippen molar-refractivity contribution in [1.29, 1.82) is 0 Å². The monoisotopic (exact) mass is 376 g/mol. The molecule has 5 heteroatoms. The van der Waals surface area contributed by atoms with E-state index in [2.05, 4.69) is 33.2 Å². The fourth-order valence-corrected chi connectivity index (χ4v) is 2.46. The summed E-state index contributed by atoms with van der Waals surface area (Å²) < 4.78 is 6.46. The maximum atomic E-state index is 12.1. The number of amides is 1.